The Morgan fingerprint density at radius 1 is 1.33 bits per heavy atom. The Kier molecular flexibility index (Phi) is 4.36. The molecule has 0 radical (unpaired) electrons. The Hall–Kier alpha value is -1.65. The molecule has 1 fully saturated rings. The SMILES string of the molecule is COc1cccc(C(=O)CN(Cc2cccs2)C2CC2)c1. The van der Waals surface area contributed by atoms with Crippen LogP contribution in [0.4, 0.5) is 0 Å². The first kappa shape index (κ1) is 14.3. The first-order valence-corrected chi connectivity index (χ1v) is 8.08. The second-order valence-electron chi connectivity index (χ2n) is 5.37. The van der Waals surface area contributed by atoms with Crippen molar-refractivity contribution in [2.24, 2.45) is 0 Å². The van der Waals surface area contributed by atoms with Crippen molar-refractivity contribution < 1.29 is 9.53 Å². The number of Topliss-reactive ketones (excluding diaryl/α,β-unsaturated/α-hetero) is 1. The molecule has 1 aliphatic rings. The highest BCUT2D eigenvalue weighted by molar-refractivity contribution is 7.09. The maximum atomic E-state index is 12.5. The molecule has 0 unspecified atom stereocenters. The molecule has 4 heteroatoms. The third kappa shape index (κ3) is 3.71. The molecule has 1 heterocycles. The van der Waals surface area contributed by atoms with Crippen LogP contribution in [0.3, 0.4) is 0 Å². The maximum Gasteiger partial charge on any atom is 0.176 e. The van der Waals surface area contributed by atoms with Gasteiger partial charge in [0.05, 0.1) is 13.7 Å². The van der Waals surface area contributed by atoms with E-state index in [-0.39, 0.29) is 5.78 Å². The van der Waals surface area contributed by atoms with Crippen LogP contribution in [0.15, 0.2) is 41.8 Å². The van der Waals surface area contributed by atoms with Crippen LogP contribution in [0.1, 0.15) is 28.1 Å². The lowest BCUT2D eigenvalue weighted by atomic mass is 10.1. The van der Waals surface area contributed by atoms with E-state index in [2.05, 4.69) is 22.4 Å². The van der Waals surface area contributed by atoms with Crippen LogP contribution in [-0.4, -0.2) is 30.4 Å². The van der Waals surface area contributed by atoms with Crippen LogP contribution >= 0.6 is 11.3 Å². The topological polar surface area (TPSA) is 29.5 Å². The van der Waals surface area contributed by atoms with Crippen LogP contribution < -0.4 is 4.74 Å². The number of benzene rings is 1. The Labute approximate surface area is 129 Å². The number of carbonyl (C=O) groups is 1. The van der Waals surface area contributed by atoms with Gasteiger partial charge in [-0.05, 0) is 36.4 Å². The van der Waals surface area contributed by atoms with Crippen molar-refractivity contribution in [1.29, 1.82) is 0 Å². The Bertz CT molecular complexity index is 605. The summed E-state index contributed by atoms with van der Waals surface area (Å²) in [4.78, 5) is 16.1. The molecule has 3 nitrogen and oxygen atoms in total. The van der Waals surface area contributed by atoms with Crippen LogP contribution in [0.25, 0.3) is 0 Å². The highest BCUT2D eigenvalue weighted by Gasteiger charge is 2.30. The number of ketones is 1. The minimum atomic E-state index is 0.164. The van der Waals surface area contributed by atoms with E-state index in [9.17, 15) is 4.79 Å². The van der Waals surface area contributed by atoms with Gasteiger partial charge in [0, 0.05) is 23.0 Å². The van der Waals surface area contributed by atoms with Crippen molar-refractivity contribution in [2.75, 3.05) is 13.7 Å². The molecule has 3 rings (SSSR count). The first-order valence-electron chi connectivity index (χ1n) is 7.20. The molecule has 0 aliphatic heterocycles. The molecule has 0 bridgehead atoms. The fraction of sp³-hybridized carbons (Fsp3) is 0.353. The van der Waals surface area contributed by atoms with Gasteiger partial charge in [0.15, 0.2) is 5.78 Å². The number of carbonyl (C=O) groups excluding carboxylic acids is 1. The van der Waals surface area contributed by atoms with Gasteiger partial charge < -0.3 is 4.74 Å². The molecule has 2 aromatic rings. The lowest BCUT2D eigenvalue weighted by Gasteiger charge is -2.20. The fourth-order valence-corrected chi connectivity index (χ4v) is 3.16. The Morgan fingerprint density at radius 2 is 2.19 bits per heavy atom. The largest absolute Gasteiger partial charge is 0.497 e. The lowest BCUT2D eigenvalue weighted by Crippen LogP contribution is -2.31. The summed E-state index contributed by atoms with van der Waals surface area (Å²) in [5.41, 5.74) is 0.728. The molecule has 0 amide bonds. The summed E-state index contributed by atoms with van der Waals surface area (Å²) in [6, 6.07) is 12.2. The second-order valence-corrected chi connectivity index (χ2v) is 6.40. The van der Waals surface area contributed by atoms with Gasteiger partial charge in [-0.15, -0.1) is 11.3 Å². The molecule has 1 aliphatic carbocycles. The van der Waals surface area contributed by atoms with Crippen molar-refractivity contribution in [3.8, 4) is 5.75 Å². The van der Waals surface area contributed by atoms with E-state index in [4.69, 9.17) is 4.74 Å². The number of ether oxygens (including phenoxy) is 1. The van der Waals surface area contributed by atoms with Gasteiger partial charge >= 0.3 is 0 Å². The van der Waals surface area contributed by atoms with Crippen LogP contribution in [0.2, 0.25) is 0 Å². The van der Waals surface area contributed by atoms with Gasteiger partial charge in [-0.1, -0.05) is 18.2 Å². The van der Waals surface area contributed by atoms with E-state index in [1.54, 1.807) is 18.4 Å². The smallest absolute Gasteiger partial charge is 0.176 e. The average Bonchev–Trinajstić information content (AvgIpc) is 3.24. The number of hydrogen-bond acceptors (Lipinski definition) is 4. The van der Waals surface area contributed by atoms with Crippen LogP contribution in [0.5, 0.6) is 5.75 Å². The molecular weight excluding hydrogens is 282 g/mol. The van der Waals surface area contributed by atoms with Crippen LogP contribution in [-0.2, 0) is 6.54 Å². The fourth-order valence-electron chi connectivity index (χ4n) is 2.43. The van der Waals surface area contributed by atoms with E-state index in [0.29, 0.717) is 12.6 Å². The molecule has 21 heavy (non-hydrogen) atoms. The molecule has 0 atom stereocenters. The van der Waals surface area contributed by atoms with Crippen molar-refractivity contribution in [2.45, 2.75) is 25.4 Å². The number of methoxy groups -OCH3 is 1. The predicted molar refractivity (Wildman–Crippen MR) is 85.1 cm³/mol. The molecule has 0 saturated heterocycles. The summed E-state index contributed by atoms with van der Waals surface area (Å²) in [5.74, 6) is 0.898. The van der Waals surface area contributed by atoms with E-state index < -0.39 is 0 Å². The number of nitrogens with zero attached hydrogens (tertiary/aromatic N) is 1. The van der Waals surface area contributed by atoms with Gasteiger partial charge in [0.2, 0.25) is 0 Å². The second kappa shape index (κ2) is 6.41. The van der Waals surface area contributed by atoms with Gasteiger partial charge in [0.25, 0.3) is 0 Å². The number of thiophene rings is 1. The molecule has 1 aromatic heterocycles. The summed E-state index contributed by atoms with van der Waals surface area (Å²) < 4.78 is 5.19. The number of rotatable bonds is 7. The van der Waals surface area contributed by atoms with Gasteiger partial charge in [-0.3, -0.25) is 9.69 Å². The number of hydrogen-bond donors (Lipinski definition) is 0. The molecule has 110 valence electrons. The zero-order valence-corrected chi connectivity index (χ0v) is 12.9. The van der Waals surface area contributed by atoms with E-state index in [1.807, 2.05) is 24.3 Å². The summed E-state index contributed by atoms with van der Waals surface area (Å²) in [6.07, 6.45) is 2.41. The lowest BCUT2D eigenvalue weighted by molar-refractivity contribution is 0.0919. The third-order valence-electron chi connectivity index (χ3n) is 3.74. The van der Waals surface area contributed by atoms with Gasteiger partial charge in [0.1, 0.15) is 5.75 Å². The third-order valence-corrected chi connectivity index (χ3v) is 4.60. The van der Waals surface area contributed by atoms with Crippen molar-refractivity contribution in [3.63, 3.8) is 0 Å². The highest BCUT2D eigenvalue weighted by Crippen LogP contribution is 2.29. The Balaban J connectivity index is 1.68. The zero-order valence-electron chi connectivity index (χ0n) is 12.1. The maximum absolute atomic E-state index is 12.5. The molecular formula is C17H19NO2S. The highest BCUT2D eigenvalue weighted by atomic mass is 32.1. The molecule has 1 aromatic carbocycles. The first-order chi connectivity index (χ1) is 10.3. The van der Waals surface area contributed by atoms with Crippen LogP contribution in [0, 0.1) is 0 Å². The monoisotopic (exact) mass is 301 g/mol. The standard InChI is InChI=1S/C17H19NO2S/c1-20-15-5-2-4-13(10-15)17(19)12-18(14-7-8-14)11-16-6-3-9-21-16/h2-6,9-10,14H,7-8,11-12H2,1H3. The van der Waals surface area contributed by atoms with E-state index >= 15 is 0 Å². The predicted octanol–water partition coefficient (Wildman–Crippen LogP) is 3.60. The summed E-state index contributed by atoms with van der Waals surface area (Å²) in [5, 5.41) is 2.09. The van der Waals surface area contributed by atoms with Crippen molar-refractivity contribution in [1.82, 2.24) is 4.90 Å². The minimum absolute atomic E-state index is 0.164. The normalized spacial score (nSPS) is 14.4. The van der Waals surface area contributed by atoms with E-state index in [0.717, 1.165) is 17.9 Å². The van der Waals surface area contributed by atoms with Gasteiger partial charge in [-0.2, -0.15) is 0 Å². The summed E-state index contributed by atoms with van der Waals surface area (Å²) in [6.45, 7) is 1.35. The molecule has 0 spiro atoms. The zero-order chi connectivity index (χ0) is 14.7. The van der Waals surface area contributed by atoms with Crippen molar-refractivity contribution in [3.05, 3.63) is 52.2 Å². The van der Waals surface area contributed by atoms with Gasteiger partial charge in [-0.25, -0.2) is 0 Å². The van der Waals surface area contributed by atoms with E-state index in [1.165, 1.54) is 17.7 Å². The summed E-state index contributed by atoms with van der Waals surface area (Å²) >= 11 is 1.75. The molecule has 0 N–H and O–H groups in total. The Morgan fingerprint density at radius 3 is 2.86 bits per heavy atom. The quantitative estimate of drug-likeness (QED) is 0.732. The molecule has 1 saturated carbocycles. The summed E-state index contributed by atoms with van der Waals surface area (Å²) in [7, 11) is 1.62. The van der Waals surface area contributed by atoms with Crippen molar-refractivity contribution >= 4 is 17.1 Å². The minimum Gasteiger partial charge on any atom is -0.497 e. The average molecular weight is 301 g/mol.